The van der Waals surface area contributed by atoms with Gasteiger partial charge in [-0.05, 0) is 50.4 Å². The summed E-state index contributed by atoms with van der Waals surface area (Å²) in [5, 5.41) is 3.78. The molecule has 1 nitrogen and oxygen atoms in total. The van der Waals surface area contributed by atoms with Crippen LogP contribution in [0.5, 0.6) is 0 Å². The molecule has 0 spiro atoms. The van der Waals surface area contributed by atoms with Crippen molar-refractivity contribution in [3.63, 3.8) is 0 Å². The van der Waals surface area contributed by atoms with E-state index in [-0.39, 0.29) is 0 Å². The van der Waals surface area contributed by atoms with Crippen molar-refractivity contribution >= 4 is 0 Å². The molecule has 0 radical (unpaired) electrons. The largest absolute Gasteiger partial charge is 0.313 e. The average molecular weight is 195 g/mol. The van der Waals surface area contributed by atoms with E-state index in [1.165, 1.54) is 51.5 Å². The lowest BCUT2D eigenvalue weighted by Gasteiger charge is -2.23. The molecule has 0 heterocycles. The number of rotatable bonds is 5. The molecular weight excluding hydrogens is 170 g/mol. The third kappa shape index (κ3) is 2.31. The van der Waals surface area contributed by atoms with Gasteiger partial charge in [-0.1, -0.05) is 19.8 Å². The van der Waals surface area contributed by atoms with Crippen LogP contribution >= 0.6 is 0 Å². The Bertz CT molecular complexity index is 178. The minimum atomic E-state index is 0.715. The molecule has 1 unspecified atom stereocenters. The minimum Gasteiger partial charge on any atom is -0.313 e. The first-order valence-electron chi connectivity index (χ1n) is 6.49. The van der Waals surface area contributed by atoms with Crippen LogP contribution in [0.15, 0.2) is 0 Å². The van der Waals surface area contributed by atoms with E-state index in [0.717, 1.165) is 12.0 Å². The zero-order valence-corrected chi connectivity index (χ0v) is 9.81. The normalized spacial score (nSPS) is 27.9. The third-order valence-corrected chi connectivity index (χ3v) is 4.61. The van der Waals surface area contributed by atoms with E-state index in [4.69, 9.17) is 0 Å². The fraction of sp³-hybridized carbons (Fsp3) is 1.00. The molecule has 0 aromatic carbocycles. The molecule has 82 valence electrons. The Morgan fingerprint density at radius 2 is 1.93 bits per heavy atom. The van der Waals surface area contributed by atoms with Crippen molar-refractivity contribution in [1.82, 2.24) is 5.32 Å². The van der Waals surface area contributed by atoms with Crippen molar-refractivity contribution in [2.24, 2.45) is 11.3 Å². The molecule has 0 aromatic heterocycles. The van der Waals surface area contributed by atoms with Crippen LogP contribution in [-0.4, -0.2) is 12.6 Å². The second-order valence-electron chi connectivity index (χ2n) is 5.57. The Morgan fingerprint density at radius 3 is 2.43 bits per heavy atom. The molecule has 0 saturated heterocycles. The van der Waals surface area contributed by atoms with Gasteiger partial charge in [-0.2, -0.15) is 0 Å². The molecule has 0 aromatic rings. The van der Waals surface area contributed by atoms with Gasteiger partial charge >= 0.3 is 0 Å². The summed E-state index contributed by atoms with van der Waals surface area (Å²) in [7, 11) is 0. The monoisotopic (exact) mass is 195 g/mol. The second kappa shape index (κ2) is 4.22. The Kier molecular flexibility index (Phi) is 3.16. The van der Waals surface area contributed by atoms with Crippen molar-refractivity contribution in [3.05, 3.63) is 0 Å². The first kappa shape index (κ1) is 10.5. The molecular formula is C13H25N. The molecule has 1 heteroatoms. The molecule has 2 rings (SSSR count). The van der Waals surface area contributed by atoms with Crippen molar-refractivity contribution in [2.75, 3.05) is 6.54 Å². The zero-order chi connectivity index (χ0) is 10.0. The predicted molar refractivity (Wildman–Crippen MR) is 61.4 cm³/mol. The molecule has 2 aliphatic carbocycles. The summed E-state index contributed by atoms with van der Waals surface area (Å²) in [5.74, 6) is 0.975. The van der Waals surface area contributed by atoms with Gasteiger partial charge < -0.3 is 5.32 Å². The van der Waals surface area contributed by atoms with E-state index in [1.54, 1.807) is 0 Å². The van der Waals surface area contributed by atoms with Crippen LogP contribution in [-0.2, 0) is 0 Å². The summed E-state index contributed by atoms with van der Waals surface area (Å²) in [6.45, 7) is 6.01. The average Bonchev–Trinajstić information content (AvgIpc) is 2.78. The van der Waals surface area contributed by atoms with Crippen molar-refractivity contribution < 1.29 is 0 Å². The first-order valence-corrected chi connectivity index (χ1v) is 6.49. The van der Waals surface area contributed by atoms with Crippen molar-refractivity contribution in [3.8, 4) is 0 Å². The van der Waals surface area contributed by atoms with Gasteiger partial charge in [-0.15, -0.1) is 0 Å². The summed E-state index contributed by atoms with van der Waals surface area (Å²) >= 11 is 0. The lowest BCUT2D eigenvalue weighted by atomic mass is 9.97. The van der Waals surface area contributed by atoms with Crippen molar-refractivity contribution in [2.45, 2.75) is 64.8 Å². The minimum absolute atomic E-state index is 0.715. The maximum atomic E-state index is 3.78. The number of hydrogen-bond acceptors (Lipinski definition) is 1. The smallest absolute Gasteiger partial charge is 0.00672 e. The molecule has 2 saturated carbocycles. The summed E-state index contributed by atoms with van der Waals surface area (Å²) < 4.78 is 0. The van der Waals surface area contributed by atoms with E-state index >= 15 is 0 Å². The Labute approximate surface area is 88.7 Å². The highest BCUT2D eigenvalue weighted by Crippen LogP contribution is 2.48. The van der Waals surface area contributed by atoms with Crippen LogP contribution in [0.4, 0.5) is 0 Å². The first-order chi connectivity index (χ1) is 6.76. The molecule has 0 amide bonds. The fourth-order valence-electron chi connectivity index (χ4n) is 2.83. The van der Waals surface area contributed by atoms with Gasteiger partial charge in [-0.25, -0.2) is 0 Å². The predicted octanol–water partition coefficient (Wildman–Crippen LogP) is 3.34. The van der Waals surface area contributed by atoms with Crippen LogP contribution in [0.3, 0.4) is 0 Å². The van der Waals surface area contributed by atoms with E-state index < -0.39 is 0 Å². The molecule has 2 fully saturated rings. The second-order valence-corrected chi connectivity index (χ2v) is 5.57. The van der Waals surface area contributed by atoms with E-state index in [9.17, 15) is 0 Å². The van der Waals surface area contributed by atoms with Crippen molar-refractivity contribution in [1.29, 1.82) is 0 Å². The van der Waals surface area contributed by atoms with Gasteiger partial charge in [0.1, 0.15) is 0 Å². The molecule has 2 aliphatic rings. The molecule has 1 N–H and O–H groups in total. The lowest BCUT2D eigenvalue weighted by Crippen LogP contribution is -2.36. The van der Waals surface area contributed by atoms with Gasteiger partial charge in [0.05, 0.1) is 0 Å². The van der Waals surface area contributed by atoms with Gasteiger partial charge in [0, 0.05) is 12.6 Å². The maximum Gasteiger partial charge on any atom is 0.00672 e. The standard InChI is InChI=1S/C13H25N/c1-3-13(8-9-13)10-14-11(2)12-6-4-5-7-12/h11-12,14H,3-10H2,1-2H3. The van der Waals surface area contributed by atoms with E-state index in [2.05, 4.69) is 19.2 Å². The maximum absolute atomic E-state index is 3.78. The fourth-order valence-corrected chi connectivity index (χ4v) is 2.83. The number of hydrogen-bond donors (Lipinski definition) is 1. The van der Waals surface area contributed by atoms with Gasteiger partial charge in [0.2, 0.25) is 0 Å². The zero-order valence-electron chi connectivity index (χ0n) is 9.81. The summed E-state index contributed by atoms with van der Waals surface area (Å²) in [6, 6.07) is 0.765. The Morgan fingerprint density at radius 1 is 1.29 bits per heavy atom. The number of nitrogens with one attached hydrogen (secondary N) is 1. The quantitative estimate of drug-likeness (QED) is 0.709. The topological polar surface area (TPSA) is 12.0 Å². The Balaban J connectivity index is 1.69. The molecule has 1 atom stereocenters. The highest BCUT2D eigenvalue weighted by molar-refractivity contribution is 4.94. The van der Waals surface area contributed by atoms with Gasteiger partial charge in [0.15, 0.2) is 0 Å². The highest BCUT2D eigenvalue weighted by atomic mass is 14.9. The Hall–Kier alpha value is -0.0400. The lowest BCUT2D eigenvalue weighted by molar-refractivity contribution is 0.338. The van der Waals surface area contributed by atoms with Crippen LogP contribution in [0.1, 0.15) is 58.8 Å². The van der Waals surface area contributed by atoms with Crippen LogP contribution < -0.4 is 5.32 Å². The van der Waals surface area contributed by atoms with Gasteiger partial charge in [-0.3, -0.25) is 0 Å². The summed E-state index contributed by atoms with van der Waals surface area (Å²) in [5.41, 5.74) is 0.715. The third-order valence-electron chi connectivity index (χ3n) is 4.61. The summed E-state index contributed by atoms with van der Waals surface area (Å²) in [4.78, 5) is 0. The molecule has 0 bridgehead atoms. The molecule has 14 heavy (non-hydrogen) atoms. The van der Waals surface area contributed by atoms with Gasteiger partial charge in [0.25, 0.3) is 0 Å². The SMILES string of the molecule is CCC1(CNC(C)C2CCCC2)CC1. The molecule has 0 aliphatic heterocycles. The van der Waals surface area contributed by atoms with Crippen LogP contribution in [0.2, 0.25) is 0 Å². The van der Waals surface area contributed by atoms with E-state index in [1.807, 2.05) is 0 Å². The highest BCUT2D eigenvalue weighted by Gasteiger charge is 2.40. The van der Waals surface area contributed by atoms with E-state index in [0.29, 0.717) is 5.41 Å². The summed E-state index contributed by atoms with van der Waals surface area (Å²) in [6.07, 6.45) is 10.2. The van der Waals surface area contributed by atoms with Crippen LogP contribution in [0, 0.1) is 11.3 Å². The van der Waals surface area contributed by atoms with Crippen LogP contribution in [0.25, 0.3) is 0 Å².